The first-order valence-corrected chi connectivity index (χ1v) is 11.8. The molecule has 8 heteroatoms. The number of phenolic OH excluding ortho intramolecular Hbond substituents is 6. The summed E-state index contributed by atoms with van der Waals surface area (Å²) in [6, 6.07) is 4.77. The molecule has 0 fully saturated rings. The molecule has 8 aromatic carbocycles. The van der Waals surface area contributed by atoms with E-state index in [-0.39, 0.29) is 43.1 Å². The van der Waals surface area contributed by atoms with Gasteiger partial charge in [0.25, 0.3) is 0 Å². The fraction of sp³-hybridized carbons (Fsp3) is 0.0667. The minimum atomic E-state index is -0.483. The maximum absolute atomic E-state index is 13.4. The van der Waals surface area contributed by atoms with E-state index in [2.05, 4.69) is 0 Å². The van der Waals surface area contributed by atoms with Crippen molar-refractivity contribution in [2.75, 3.05) is 0 Å². The minimum absolute atomic E-state index is 0.0431. The van der Waals surface area contributed by atoms with Gasteiger partial charge in [-0.15, -0.1) is 0 Å². The van der Waals surface area contributed by atoms with Crippen LogP contribution >= 0.6 is 0 Å². The Hall–Kier alpha value is -5.24. The first-order chi connectivity index (χ1) is 18.0. The van der Waals surface area contributed by atoms with Crippen LogP contribution in [0.15, 0.2) is 33.9 Å². The molecule has 0 aromatic heterocycles. The third kappa shape index (κ3) is 1.93. The minimum Gasteiger partial charge on any atom is -0.507 e. The second kappa shape index (κ2) is 6.00. The van der Waals surface area contributed by atoms with Crippen LogP contribution in [0.2, 0.25) is 0 Å². The molecule has 184 valence electrons. The highest BCUT2D eigenvalue weighted by atomic mass is 16.3. The van der Waals surface area contributed by atoms with Gasteiger partial charge < -0.3 is 30.6 Å². The Kier molecular flexibility index (Phi) is 3.30. The number of hydrogen-bond acceptors (Lipinski definition) is 8. The average molecular weight is 504 g/mol. The fourth-order valence-corrected chi connectivity index (χ4v) is 6.98. The lowest BCUT2D eigenvalue weighted by Gasteiger charge is -2.25. The molecule has 0 bridgehead atoms. The monoisotopic (exact) mass is 504 g/mol. The van der Waals surface area contributed by atoms with Gasteiger partial charge in [-0.25, -0.2) is 0 Å². The number of fused-ring (bicyclic) bond motifs is 2. The molecule has 0 unspecified atom stereocenters. The molecule has 0 aliphatic heterocycles. The van der Waals surface area contributed by atoms with Crippen molar-refractivity contribution in [2.24, 2.45) is 0 Å². The van der Waals surface area contributed by atoms with Gasteiger partial charge in [0.1, 0.15) is 34.5 Å². The number of aromatic hydroxyl groups is 6. The summed E-state index contributed by atoms with van der Waals surface area (Å²) in [5, 5.41) is 69.6. The number of hydrogen-bond donors (Lipinski definition) is 6. The van der Waals surface area contributed by atoms with E-state index in [4.69, 9.17) is 0 Å². The maximum Gasteiger partial charge on any atom is 0.190 e. The van der Waals surface area contributed by atoms with Crippen LogP contribution in [0, 0.1) is 13.8 Å². The summed E-state index contributed by atoms with van der Waals surface area (Å²) in [6.45, 7) is 3.47. The van der Waals surface area contributed by atoms with Crippen LogP contribution in [-0.4, -0.2) is 30.6 Å². The van der Waals surface area contributed by atoms with Crippen molar-refractivity contribution in [3.8, 4) is 34.5 Å². The molecule has 0 saturated heterocycles. The Morgan fingerprint density at radius 1 is 0.368 bits per heavy atom. The number of phenols is 6. The first kappa shape index (κ1) is 20.9. The summed E-state index contributed by atoms with van der Waals surface area (Å²) in [7, 11) is 0. The Morgan fingerprint density at radius 2 is 0.658 bits per heavy atom. The molecule has 0 atom stereocenters. The van der Waals surface area contributed by atoms with E-state index in [1.165, 1.54) is 12.1 Å². The summed E-state index contributed by atoms with van der Waals surface area (Å²) >= 11 is 0. The molecule has 0 aliphatic rings. The van der Waals surface area contributed by atoms with Gasteiger partial charge in [-0.3, -0.25) is 9.59 Å². The lowest BCUT2D eigenvalue weighted by Crippen LogP contribution is -2.08. The van der Waals surface area contributed by atoms with Crippen LogP contribution in [0.4, 0.5) is 0 Å². The molecule has 0 amide bonds. The van der Waals surface area contributed by atoms with E-state index in [1.54, 1.807) is 13.8 Å². The van der Waals surface area contributed by atoms with Gasteiger partial charge in [-0.2, -0.15) is 0 Å². The Morgan fingerprint density at radius 3 is 1.03 bits per heavy atom. The average Bonchev–Trinajstić information content (AvgIpc) is 2.82. The third-order valence-corrected chi connectivity index (χ3v) is 8.25. The molecule has 38 heavy (non-hydrogen) atoms. The molecule has 8 nitrogen and oxygen atoms in total. The number of rotatable bonds is 0. The van der Waals surface area contributed by atoms with E-state index in [0.29, 0.717) is 43.4 Å². The highest BCUT2D eigenvalue weighted by molar-refractivity contribution is 6.51. The third-order valence-electron chi connectivity index (χ3n) is 8.25. The Balaban J connectivity index is 2.04. The van der Waals surface area contributed by atoms with Crippen molar-refractivity contribution >= 4 is 75.4 Å². The second-order valence-electron chi connectivity index (χ2n) is 10.2. The number of aryl methyl sites for hydroxylation is 2. The molecule has 8 aromatic rings. The zero-order chi connectivity index (χ0) is 26.7. The van der Waals surface area contributed by atoms with Crippen LogP contribution < -0.4 is 10.9 Å². The largest absolute Gasteiger partial charge is 0.507 e. The lowest BCUT2D eigenvalue weighted by atomic mass is 9.78. The highest BCUT2D eigenvalue weighted by Crippen LogP contribution is 2.60. The lowest BCUT2D eigenvalue weighted by molar-refractivity contribution is 0.450. The van der Waals surface area contributed by atoms with E-state index in [9.17, 15) is 40.2 Å². The van der Waals surface area contributed by atoms with Crippen molar-refractivity contribution in [3.05, 3.63) is 55.8 Å². The molecule has 6 N–H and O–H groups in total. The van der Waals surface area contributed by atoms with E-state index < -0.39 is 45.4 Å². The Labute approximate surface area is 210 Å². The fourth-order valence-electron chi connectivity index (χ4n) is 6.98. The van der Waals surface area contributed by atoms with Crippen molar-refractivity contribution in [1.29, 1.82) is 0 Å². The van der Waals surface area contributed by atoms with Crippen LogP contribution in [0.25, 0.3) is 75.4 Å². The van der Waals surface area contributed by atoms with Crippen LogP contribution in [-0.2, 0) is 0 Å². The SMILES string of the molecule is Cc1cc(=O)c2c(O)c3c(O)cc(O)c4c5c(O)cc(O)c6c(O)c7c(=O)cc(C)c8c1c2c(c34)c(c65)c78. The smallest absolute Gasteiger partial charge is 0.190 e. The molecule has 0 spiro atoms. The first-order valence-electron chi connectivity index (χ1n) is 11.8. The molecular weight excluding hydrogens is 488 g/mol. The van der Waals surface area contributed by atoms with Gasteiger partial charge in [0.15, 0.2) is 10.9 Å². The predicted molar refractivity (Wildman–Crippen MR) is 146 cm³/mol. The van der Waals surface area contributed by atoms with Gasteiger partial charge in [0.05, 0.1) is 21.5 Å². The van der Waals surface area contributed by atoms with E-state index in [0.717, 1.165) is 12.1 Å². The molecule has 0 radical (unpaired) electrons. The summed E-state index contributed by atoms with van der Waals surface area (Å²) in [4.78, 5) is 26.7. The molecule has 8 rings (SSSR count). The summed E-state index contributed by atoms with van der Waals surface area (Å²) in [5.74, 6) is -2.75. The molecular formula is C30H16O8. The highest BCUT2D eigenvalue weighted by Gasteiger charge is 2.33. The second-order valence-corrected chi connectivity index (χ2v) is 10.2. The summed E-state index contributed by atoms with van der Waals surface area (Å²) in [6.07, 6.45) is 0. The maximum atomic E-state index is 13.4. The summed E-state index contributed by atoms with van der Waals surface area (Å²) in [5.41, 5.74) is 0.175. The standard InChI is InChI=1S/C30H16O8/c1-7-3-9(31)19-23-15(7)16-8(2)4-10(32)20-24(16)28-26-18(12(34)6-14(36)22(26)30(20)38)17-11(33)5-13(35)21(29(19)37)25(17)27(23)28/h3-6,33-38H,1-2H3. The van der Waals surface area contributed by atoms with Gasteiger partial charge in [0, 0.05) is 55.2 Å². The topological polar surface area (TPSA) is 156 Å². The zero-order valence-corrected chi connectivity index (χ0v) is 19.8. The van der Waals surface area contributed by atoms with Crippen LogP contribution in [0.1, 0.15) is 11.1 Å². The van der Waals surface area contributed by atoms with Crippen molar-refractivity contribution in [1.82, 2.24) is 0 Å². The summed E-state index contributed by atoms with van der Waals surface area (Å²) < 4.78 is 0. The van der Waals surface area contributed by atoms with Crippen molar-refractivity contribution in [2.45, 2.75) is 13.8 Å². The van der Waals surface area contributed by atoms with Crippen molar-refractivity contribution < 1.29 is 30.6 Å². The van der Waals surface area contributed by atoms with Crippen LogP contribution in [0.3, 0.4) is 0 Å². The quantitative estimate of drug-likeness (QED) is 0.123. The molecule has 0 saturated carbocycles. The number of benzene rings is 8. The molecule has 0 heterocycles. The normalized spacial score (nSPS) is 12.8. The Bertz CT molecular complexity index is 2340. The zero-order valence-electron chi connectivity index (χ0n) is 19.8. The van der Waals surface area contributed by atoms with Gasteiger partial charge in [-0.1, -0.05) is 0 Å². The predicted octanol–water partition coefficient (Wildman–Crippen LogP) is 5.08. The van der Waals surface area contributed by atoms with Gasteiger partial charge >= 0.3 is 0 Å². The van der Waals surface area contributed by atoms with Crippen LogP contribution in [0.5, 0.6) is 34.5 Å². The van der Waals surface area contributed by atoms with E-state index >= 15 is 0 Å². The van der Waals surface area contributed by atoms with Gasteiger partial charge in [-0.05, 0) is 47.9 Å². The van der Waals surface area contributed by atoms with Gasteiger partial charge in [0.2, 0.25) is 0 Å². The van der Waals surface area contributed by atoms with E-state index in [1.807, 2.05) is 0 Å². The molecule has 0 aliphatic carbocycles. The van der Waals surface area contributed by atoms with Crippen molar-refractivity contribution in [3.63, 3.8) is 0 Å².